The zero-order valence-electron chi connectivity index (χ0n) is 7.94. The maximum atomic E-state index is 3.93. The highest BCUT2D eigenvalue weighted by molar-refractivity contribution is 7.99. The molecule has 0 rings (SSSR count). The molecule has 0 aromatic rings. The molecule has 0 aliphatic rings. The molecule has 0 saturated heterocycles. The molecule has 0 bridgehead atoms. The van der Waals surface area contributed by atoms with Crippen LogP contribution in [0.2, 0.25) is 0 Å². The Bertz CT molecular complexity index is 67.3. The van der Waals surface area contributed by atoms with Gasteiger partial charge in [0.15, 0.2) is 0 Å². The number of rotatable bonds is 7. The molecule has 1 atom stereocenters. The van der Waals surface area contributed by atoms with E-state index in [2.05, 4.69) is 32.5 Å². The van der Waals surface area contributed by atoms with Crippen LogP contribution in [0.5, 0.6) is 0 Å². The molecule has 0 aliphatic carbocycles. The maximum absolute atomic E-state index is 3.93. The lowest BCUT2D eigenvalue weighted by Crippen LogP contribution is -1.99. The van der Waals surface area contributed by atoms with E-state index >= 15 is 0 Å². The van der Waals surface area contributed by atoms with Crippen LogP contribution in [0.15, 0.2) is 0 Å². The van der Waals surface area contributed by atoms with Crippen molar-refractivity contribution in [2.24, 2.45) is 0 Å². The third-order valence-electron chi connectivity index (χ3n) is 1.88. The predicted molar refractivity (Wildman–Crippen MR) is 56.0 cm³/mol. The summed E-state index contributed by atoms with van der Waals surface area (Å²) in [6.45, 7) is 8.44. The fourth-order valence-corrected chi connectivity index (χ4v) is 2.11. The molecular weight excluding hydrogens is 152 g/mol. The molecular formula is C10H21S. The van der Waals surface area contributed by atoms with Crippen LogP contribution in [0.4, 0.5) is 0 Å². The van der Waals surface area contributed by atoms with Crippen molar-refractivity contribution in [1.29, 1.82) is 0 Å². The van der Waals surface area contributed by atoms with E-state index in [0.717, 1.165) is 11.7 Å². The van der Waals surface area contributed by atoms with Crippen LogP contribution in [-0.2, 0) is 0 Å². The van der Waals surface area contributed by atoms with Crippen LogP contribution in [0.1, 0.15) is 46.0 Å². The van der Waals surface area contributed by atoms with Crippen molar-refractivity contribution in [1.82, 2.24) is 0 Å². The lowest BCUT2D eigenvalue weighted by Gasteiger charge is -2.10. The quantitative estimate of drug-likeness (QED) is 0.526. The van der Waals surface area contributed by atoms with E-state index in [9.17, 15) is 0 Å². The van der Waals surface area contributed by atoms with Gasteiger partial charge < -0.3 is 0 Å². The molecule has 0 spiro atoms. The molecule has 0 aromatic heterocycles. The number of hydrogen-bond acceptors (Lipinski definition) is 1. The molecule has 0 saturated carbocycles. The van der Waals surface area contributed by atoms with Gasteiger partial charge in [0.1, 0.15) is 0 Å². The molecule has 0 nitrogen and oxygen atoms in total. The molecule has 1 heteroatoms. The third kappa shape index (κ3) is 6.74. The normalized spacial score (nSPS) is 10.9. The van der Waals surface area contributed by atoms with Crippen LogP contribution >= 0.6 is 11.8 Å². The van der Waals surface area contributed by atoms with Crippen LogP contribution in [-0.4, -0.2) is 11.0 Å². The van der Waals surface area contributed by atoms with Gasteiger partial charge in [-0.2, -0.15) is 11.8 Å². The predicted octanol–water partition coefficient (Wildman–Crippen LogP) is 3.91. The van der Waals surface area contributed by atoms with E-state index in [0.29, 0.717) is 0 Å². The largest absolute Gasteiger partial charge is 0.159 e. The Morgan fingerprint density at radius 2 is 2.00 bits per heavy atom. The molecule has 1 unspecified atom stereocenters. The fraction of sp³-hybridized carbons (Fsp3) is 0.900. The SMILES string of the molecule is [CH2]CC(CC)SCCCCC. The Morgan fingerprint density at radius 1 is 1.27 bits per heavy atom. The number of unbranched alkanes of at least 4 members (excludes halogenated alkanes) is 2. The highest BCUT2D eigenvalue weighted by Crippen LogP contribution is 2.18. The van der Waals surface area contributed by atoms with Gasteiger partial charge in [-0.25, -0.2) is 0 Å². The first-order chi connectivity index (χ1) is 5.35. The summed E-state index contributed by atoms with van der Waals surface area (Å²) in [4.78, 5) is 0. The number of hydrogen-bond donors (Lipinski definition) is 0. The molecule has 67 valence electrons. The van der Waals surface area contributed by atoms with Crippen LogP contribution in [0.3, 0.4) is 0 Å². The Kier molecular flexibility index (Phi) is 8.72. The second kappa shape index (κ2) is 8.45. The van der Waals surface area contributed by atoms with Crippen molar-refractivity contribution in [3.8, 4) is 0 Å². The summed E-state index contributed by atoms with van der Waals surface area (Å²) < 4.78 is 0. The first-order valence-corrected chi connectivity index (χ1v) is 5.80. The van der Waals surface area contributed by atoms with E-state index in [1.807, 2.05) is 0 Å². The summed E-state index contributed by atoms with van der Waals surface area (Å²) in [6, 6.07) is 0. The van der Waals surface area contributed by atoms with Crippen molar-refractivity contribution in [2.45, 2.75) is 51.2 Å². The minimum Gasteiger partial charge on any atom is -0.159 e. The van der Waals surface area contributed by atoms with Gasteiger partial charge in [0.2, 0.25) is 0 Å². The average Bonchev–Trinajstić information content (AvgIpc) is 2.05. The smallest absolute Gasteiger partial charge is 0.00444 e. The third-order valence-corrected chi connectivity index (χ3v) is 3.44. The minimum absolute atomic E-state index is 0.812. The van der Waals surface area contributed by atoms with Gasteiger partial charge in [-0.05, 0) is 25.0 Å². The lowest BCUT2D eigenvalue weighted by molar-refractivity contribution is 0.771. The molecule has 0 amide bonds. The first kappa shape index (κ1) is 11.4. The summed E-state index contributed by atoms with van der Waals surface area (Å²) in [6.07, 6.45) is 6.48. The van der Waals surface area contributed by atoms with Crippen molar-refractivity contribution < 1.29 is 0 Å². The van der Waals surface area contributed by atoms with Gasteiger partial charge in [-0.3, -0.25) is 0 Å². The Hall–Kier alpha value is 0.350. The summed E-state index contributed by atoms with van der Waals surface area (Å²) in [5.41, 5.74) is 0. The highest BCUT2D eigenvalue weighted by atomic mass is 32.2. The monoisotopic (exact) mass is 173 g/mol. The zero-order valence-corrected chi connectivity index (χ0v) is 8.75. The number of thioether (sulfide) groups is 1. The van der Waals surface area contributed by atoms with Gasteiger partial charge >= 0.3 is 0 Å². The Labute approximate surface area is 76.1 Å². The molecule has 0 N–H and O–H groups in total. The van der Waals surface area contributed by atoms with Gasteiger partial charge in [0.25, 0.3) is 0 Å². The summed E-state index contributed by atoms with van der Waals surface area (Å²) in [7, 11) is 0. The zero-order chi connectivity index (χ0) is 8.53. The second-order valence-electron chi connectivity index (χ2n) is 2.90. The Balaban J connectivity index is 3.07. The molecule has 0 heterocycles. The summed E-state index contributed by atoms with van der Waals surface area (Å²) >= 11 is 2.10. The molecule has 0 fully saturated rings. The van der Waals surface area contributed by atoms with Crippen molar-refractivity contribution in [3.05, 3.63) is 6.92 Å². The standard InChI is InChI=1S/C10H21S/c1-4-7-8-9-11-10(5-2)6-3/h10H,2,4-9H2,1,3H3. The van der Waals surface area contributed by atoms with Gasteiger partial charge in [0, 0.05) is 5.25 Å². The maximum Gasteiger partial charge on any atom is 0.00444 e. The second-order valence-corrected chi connectivity index (χ2v) is 4.31. The van der Waals surface area contributed by atoms with E-state index in [1.165, 1.54) is 31.4 Å². The van der Waals surface area contributed by atoms with Crippen LogP contribution in [0.25, 0.3) is 0 Å². The van der Waals surface area contributed by atoms with Crippen LogP contribution < -0.4 is 0 Å². The topological polar surface area (TPSA) is 0 Å². The van der Waals surface area contributed by atoms with E-state index in [4.69, 9.17) is 0 Å². The molecule has 0 aromatic carbocycles. The molecule has 1 radical (unpaired) electrons. The summed E-state index contributed by atoms with van der Waals surface area (Å²) in [5.74, 6) is 1.34. The first-order valence-electron chi connectivity index (χ1n) is 4.76. The minimum atomic E-state index is 0.812. The summed E-state index contributed by atoms with van der Waals surface area (Å²) in [5, 5.41) is 0.812. The van der Waals surface area contributed by atoms with Crippen molar-refractivity contribution in [3.63, 3.8) is 0 Å². The van der Waals surface area contributed by atoms with Gasteiger partial charge in [-0.1, -0.05) is 33.6 Å². The lowest BCUT2D eigenvalue weighted by atomic mass is 10.3. The van der Waals surface area contributed by atoms with Crippen molar-refractivity contribution in [2.75, 3.05) is 5.75 Å². The van der Waals surface area contributed by atoms with E-state index in [-0.39, 0.29) is 0 Å². The average molecular weight is 173 g/mol. The van der Waals surface area contributed by atoms with E-state index in [1.54, 1.807) is 0 Å². The Morgan fingerprint density at radius 3 is 2.45 bits per heavy atom. The molecule has 0 aliphatic heterocycles. The van der Waals surface area contributed by atoms with Crippen LogP contribution in [0, 0.1) is 6.92 Å². The van der Waals surface area contributed by atoms with Crippen molar-refractivity contribution >= 4 is 11.8 Å². The molecule has 11 heavy (non-hydrogen) atoms. The highest BCUT2D eigenvalue weighted by Gasteiger charge is 2.01. The van der Waals surface area contributed by atoms with E-state index < -0.39 is 0 Å². The van der Waals surface area contributed by atoms with Gasteiger partial charge in [0.05, 0.1) is 0 Å². The van der Waals surface area contributed by atoms with Gasteiger partial charge in [-0.15, -0.1) is 0 Å². The fourth-order valence-electron chi connectivity index (χ4n) is 1.01.